The largest absolute Gasteiger partial charge is 0.354 e. The van der Waals surface area contributed by atoms with Crippen LogP contribution in [0.25, 0.3) is 10.2 Å². The van der Waals surface area contributed by atoms with Crippen molar-refractivity contribution in [3.63, 3.8) is 0 Å². The van der Waals surface area contributed by atoms with Crippen molar-refractivity contribution in [1.29, 1.82) is 0 Å². The predicted octanol–water partition coefficient (Wildman–Crippen LogP) is 4.19. The van der Waals surface area contributed by atoms with Crippen LogP contribution in [0.3, 0.4) is 0 Å². The van der Waals surface area contributed by atoms with E-state index in [4.69, 9.17) is 0 Å². The van der Waals surface area contributed by atoms with Crippen molar-refractivity contribution in [2.75, 3.05) is 10.6 Å². The van der Waals surface area contributed by atoms with Gasteiger partial charge in [0.15, 0.2) is 5.13 Å². The molecule has 9 nitrogen and oxygen atoms in total. The Balaban J connectivity index is 1.72. The van der Waals surface area contributed by atoms with Crippen molar-refractivity contribution < 1.29 is 4.92 Å². The lowest BCUT2D eigenvalue weighted by Gasteiger charge is -2.09. The summed E-state index contributed by atoms with van der Waals surface area (Å²) >= 11 is 1.39. The number of para-hydroxylation sites is 1. The number of anilines is 4. The molecular weight excluding hydrogens is 366 g/mol. The molecule has 0 fully saturated rings. The first-order valence-corrected chi connectivity index (χ1v) is 8.74. The van der Waals surface area contributed by atoms with Gasteiger partial charge in [0.1, 0.15) is 12.1 Å². The maximum atomic E-state index is 11.7. The lowest BCUT2D eigenvalue weighted by atomic mass is 10.3. The second-order valence-corrected chi connectivity index (χ2v) is 6.61. The van der Waals surface area contributed by atoms with Crippen LogP contribution in [0.2, 0.25) is 0 Å². The molecule has 4 rings (SSSR count). The van der Waals surface area contributed by atoms with E-state index in [1.54, 1.807) is 12.3 Å². The topological polar surface area (TPSA) is 119 Å². The SMILES string of the molecule is Cc1cccnc1Nc1ncnc(Nc2nc3ccccc3s2)c1[N+](=O)[O-]. The van der Waals surface area contributed by atoms with E-state index in [2.05, 4.69) is 30.6 Å². The highest BCUT2D eigenvalue weighted by Gasteiger charge is 2.24. The van der Waals surface area contributed by atoms with Crippen molar-refractivity contribution in [3.05, 3.63) is 64.6 Å². The van der Waals surface area contributed by atoms with Gasteiger partial charge in [0.2, 0.25) is 11.6 Å². The third-order valence-electron chi connectivity index (χ3n) is 3.77. The van der Waals surface area contributed by atoms with E-state index in [9.17, 15) is 10.1 Å². The summed E-state index contributed by atoms with van der Waals surface area (Å²) in [6.45, 7) is 1.85. The van der Waals surface area contributed by atoms with Crippen LogP contribution in [0.5, 0.6) is 0 Å². The summed E-state index contributed by atoms with van der Waals surface area (Å²) in [7, 11) is 0. The molecule has 2 N–H and O–H groups in total. The summed E-state index contributed by atoms with van der Waals surface area (Å²) in [5, 5.41) is 18.1. The Kier molecular flexibility index (Phi) is 4.30. The third-order valence-corrected chi connectivity index (χ3v) is 4.72. The van der Waals surface area contributed by atoms with Gasteiger partial charge in [-0.3, -0.25) is 10.1 Å². The molecular formula is C17H13N7O2S. The first kappa shape index (κ1) is 16.8. The minimum Gasteiger partial charge on any atom is -0.319 e. The zero-order valence-corrected chi connectivity index (χ0v) is 14.9. The quantitative estimate of drug-likeness (QED) is 0.391. The standard InChI is InChI=1S/C17H13N7O2S/c1-10-5-4-8-18-14(10)22-15-13(24(25)26)16(20-9-19-15)23-17-21-11-6-2-3-7-12(11)27-17/h2-9H,1H3,(H2,18,19,20,21,22,23). The molecule has 0 aliphatic heterocycles. The number of rotatable bonds is 5. The molecule has 3 aromatic heterocycles. The first-order chi connectivity index (χ1) is 13.1. The van der Waals surface area contributed by atoms with Crippen molar-refractivity contribution in [1.82, 2.24) is 19.9 Å². The molecule has 0 bridgehead atoms. The number of nitrogens with one attached hydrogen (secondary N) is 2. The Labute approximate surface area is 157 Å². The van der Waals surface area contributed by atoms with Gasteiger partial charge in [-0.25, -0.2) is 19.9 Å². The van der Waals surface area contributed by atoms with Gasteiger partial charge < -0.3 is 10.6 Å². The van der Waals surface area contributed by atoms with Crippen LogP contribution in [0.4, 0.5) is 28.3 Å². The number of hydrogen-bond acceptors (Lipinski definition) is 9. The van der Waals surface area contributed by atoms with E-state index in [0.29, 0.717) is 10.9 Å². The highest BCUT2D eigenvalue weighted by Crippen LogP contribution is 2.35. The van der Waals surface area contributed by atoms with Crippen LogP contribution in [-0.2, 0) is 0 Å². The molecule has 0 saturated carbocycles. The van der Waals surface area contributed by atoms with Gasteiger partial charge in [0, 0.05) is 6.20 Å². The zero-order valence-electron chi connectivity index (χ0n) is 14.1. The van der Waals surface area contributed by atoms with Gasteiger partial charge in [0.25, 0.3) is 0 Å². The predicted molar refractivity (Wildman–Crippen MR) is 104 cm³/mol. The minimum absolute atomic E-state index is 0.0559. The van der Waals surface area contributed by atoms with Crippen LogP contribution in [-0.4, -0.2) is 24.9 Å². The molecule has 4 aromatic rings. The number of nitrogens with zero attached hydrogens (tertiary/aromatic N) is 5. The minimum atomic E-state index is -0.531. The molecule has 0 radical (unpaired) electrons. The summed E-state index contributed by atoms with van der Waals surface area (Å²) in [5.41, 5.74) is 1.37. The van der Waals surface area contributed by atoms with Crippen molar-refractivity contribution >= 4 is 49.8 Å². The van der Waals surface area contributed by atoms with E-state index >= 15 is 0 Å². The summed E-state index contributed by atoms with van der Waals surface area (Å²) in [5.74, 6) is 0.607. The van der Waals surface area contributed by atoms with Gasteiger partial charge in [-0.2, -0.15) is 0 Å². The third kappa shape index (κ3) is 3.37. The second kappa shape index (κ2) is 6.92. The summed E-state index contributed by atoms with van der Waals surface area (Å²) < 4.78 is 0.971. The molecule has 0 atom stereocenters. The van der Waals surface area contributed by atoms with Gasteiger partial charge >= 0.3 is 5.69 Å². The number of hydrogen-bond donors (Lipinski definition) is 2. The maximum Gasteiger partial charge on any atom is 0.354 e. The number of aromatic nitrogens is 4. The maximum absolute atomic E-state index is 11.7. The fraction of sp³-hybridized carbons (Fsp3) is 0.0588. The van der Waals surface area contributed by atoms with Crippen LogP contribution in [0, 0.1) is 17.0 Å². The molecule has 0 saturated heterocycles. The number of thiazole rings is 1. The van der Waals surface area contributed by atoms with Crippen molar-refractivity contribution in [3.8, 4) is 0 Å². The van der Waals surface area contributed by atoms with E-state index < -0.39 is 4.92 Å². The molecule has 0 aliphatic carbocycles. The molecule has 0 unspecified atom stereocenters. The Bertz CT molecular complexity index is 1110. The fourth-order valence-electron chi connectivity index (χ4n) is 2.49. The molecule has 27 heavy (non-hydrogen) atoms. The van der Waals surface area contributed by atoms with Gasteiger partial charge in [-0.15, -0.1) is 0 Å². The molecule has 134 valence electrons. The summed E-state index contributed by atoms with van der Waals surface area (Å²) in [4.78, 5) is 27.8. The fourth-order valence-corrected chi connectivity index (χ4v) is 3.36. The average molecular weight is 379 g/mol. The molecule has 3 heterocycles. The number of aryl methyl sites for hydroxylation is 1. The van der Waals surface area contributed by atoms with E-state index in [1.807, 2.05) is 37.3 Å². The van der Waals surface area contributed by atoms with Crippen molar-refractivity contribution in [2.45, 2.75) is 6.92 Å². The molecule has 10 heteroatoms. The van der Waals surface area contributed by atoms with Crippen LogP contribution in [0.1, 0.15) is 5.56 Å². The number of pyridine rings is 1. The Morgan fingerprint density at radius 1 is 1.00 bits per heavy atom. The van der Waals surface area contributed by atoms with E-state index in [0.717, 1.165) is 15.8 Å². The Morgan fingerprint density at radius 3 is 2.52 bits per heavy atom. The molecule has 0 aliphatic rings. The van der Waals surface area contributed by atoms with E-state index in [1.165, 1.54) is 17.7 Å². The summed E-state index contributed by atoms with van der Waals surface area (Å²) in [6, 6.07) is 11.2. The van der Waals surface area contributed by atoms with Crippen LogP contribution < -0.4 is 10.6 Å². The first-order valence-electron chi connectivity index (χ1n) is 7.92. The Morgan fingerprint density at radius 2 is 1.78 bits per heavy atom. The molecule has 0 spiro atoms. The number of benzene rings is 1. The van der Waals surface area contributed by atoms with Crippen LogP contribution >= 0.6 is 11.3 Å². The molecule has 0 amide bonds. The Hall–Kier alpha value is -3.66. The monoisotopic (exact) mass is 379 g/mol. The lowest BCUT2D eigenvalue weighted by molar-refractivity contribution is -0.383. The highest BCUT2D eigenvalue weighted by atomic mass is 32.1. The normalized spacial score (nSPS) is 10.7. The van der Waals surface area contributed by atoms with Gasteiger partial charge in [-0.1, -0.05) is 29.5 Å². The van der Waals surface area contributed by atoms with Gasteiger partial charge in [-0.05, 0) is 30.7 Å². The summed E-state index contributed by atoms with van der Waals surface area (Å²) in [6.07, 6.45) is 2.85. The highest BCUT2D eigenvalue weighted by molar-refractivity contribution is 7.22. The van der Waals surface area contributed by atoms with Crippen molar-refractivity contribution in [2.24, 2.45) is 0 Å². The smallest absolute Gasteiger partial charge is 0.319 e. The number of fused-ring (bicyclic) bond motifs is 1. The lowest BCUT2D eigenvalue weighted by Crippen LogP contribution is -2.06. The van der Waals surface area contributed by atoms with Gasteiger partial charge in [0.05, 0.1) is 15.1 Å². The average Bonchev–Trinajstić information content (AvgIpc) is 3.06. The molecule has 1 aromatic carbocycles. The number of nitro groups is 1. The van der Waals surface area contributed by atoms with E-state index in [-0.39, 0.29) is 17.3 Å². The van der Waals surface area contributed by atoms with Crippen LogP contribution in [0.15, 0.2) is 48.9 Å². The second-order valence-electron chi connectivity index (χ2n) is 5.58. The zero-order chi connectivity index (χ0) is 18.8.